The van der Waals surface area contributed by atoms with Gasteiger partial charge in [0.25, 0.3) is 0 Å². The number of ether oxygens (including phenoxy) is 1. The van der Waals surface area contributed by atoms with Crippen LogP contribution in [0, 0.1) is 6.92 Å². The van der Waals surface area contributed by atoms with Gasteiger partial charge >= 0.3 is 0 Å². The van der Waals surface area contributed by atoms with Gasteiger partial charge in [0.1, 0.15) is 0 Å². The largest absolute Gasteiger partial charge is 0.379 e. The topological polar surface area (TPSA) is 24.5 Å². The van der Waals surface area contributed by atoms with Crippen LogP contribution in [0.1, 0.15) is 24.1 Å². The SMILES string of the molecule is Cc1ccc([C@@H](C)NCCN2CCOCC2)cc1. The molecule has 1 aliphatic heterocycles. The summed E-state index contributed by atoms with van der Waals surface area (Å²) in [7, 11) is 0. The Bertz CT molecular complexity index is 344. The third kappa shape index (κ3) is 4.09. The van der Waals surface area contributed by atoms with E-state index in [0.717, 1.165) is 39.4 Å². The van der Waals surface area contributed by atoms with E-state index >= 15 is 0 Å². The Balaban J connectivity index is 1.70. The van der Waals surface area contributed by atoms with E-state index in [1.165, 1.54) is 11.1 Å². The van der Waals surface area contributed by atoms with Crippen LogP contribution in [0.4, 0.5) is 0 Å². The lowest BCUT2D eigenvalue weighted by Gasteiger charge is -2.27. The predicted molar refractivity (Wildman–Crippen MR) is 74.9 cm³/mol. The third-order valence-electron chi connectivity index (χ3n) is 3.56. The molecule has 1 atom stereocenters. The molecule has 1 saturated heterocycles. The van der Waals surface area contributed by atoms with Crippen LogP contribution >= 0.6 is 0 Å². The Hall–Kier alpha value is -0.900. The van der Waals surface area contributed by atoms with E-state index in [4.69, 9.17) is 4.74 Å². The molecule has 3 heteroatoms. The molecule has 1 N–H and O–H groups in total. The fourth-order valence-electron chi connectivity index (χ4n) is 2.24. The molecule has 1 aromatic carbocycles. The van der Waals surface area contributed by atoms with Crippen LogP contribution in [0.2, 0.25) is 0 Å². The summed E-state index contributed by atoms with van der Waals surface area (Å²) in [6.07, 6.45) is 0. The summed E-state index contributed by atoms with van der Waals surface area (Å²) < 4.78 is 5.35. The highest BCUT2D eigenvalue weighted by Crippen LogP contribution is 2.12. The highest BCUT2D eigenvalue weighted by molar-refractivity contribution is 5.23. The molecule has 1 aliphatic rings. The molecule has 1 heterocycles. The normalized spacial score (nSPS) is 18.8. The van der Waals surface area contributed by atoms with Crippen LogP contribution in [-0.4, -0.2) is 44.3 Å². The van der Waals surface area contributed by atoms with E-state index in [1.54, 1.807) is 0 Å². The first-order valence-electron chi connectivity index (χ1n) is 6.86. The molecule has 0 saturated carbocycles. The van der Waals surface area contributed by atoms with Crippen LogP contribution in [0.5, 0.6) is 0 Å². The summed E-state index contributed by atoms with van der Waals surface area (Å²) in [5.74, 6) is 0. The van der Waals surface area contributed by atoms with Crippen molar-refractivity contribution < 1.29 is 4.74 Å². The van der Waals surface area contributed by atoms with Gasteiger partial charge in [0.2, 0.25) is 0 Å². The van der Waals surface area contributed by atoms with Crippen LogP contribution < -0.4 is 5.32 Å². The molecule has 1 aromatic rings. The molecular formula is C15H24N2O. The Morgan fingerprint density at radius 1 is 1.22 bits per heavy atom. The number of aryl methyl sites for hydroxylation is 1. The minimum atomic E-state index is 0.423. The molecule has 1 fully saturated rings. The van der Waals surface area contributed by atoms with E-state index in [-0.39, 0.29) is 0 Å². The van der Waals surface area contributed by atoms with Crippen LogP contribution in [-0.2, 0) is 4.74 Å². The average molecular weight is 248 g/mol. The van der Waals surface area contributed by atoms with E-state index in [2.05, 4.69) is 48.3 Å². The molecule has 100 valence electrons. The van der Waals surface area contributed by atoms with Gasteiger partial charge in [0.15, 0.2) is 0 Å². The second-order valence-electron chi connectivity index (χ2n) is 5.04. The van der Waals surface area contributed by atoms with Crippen molar-refractivity contribution in [1.29, 1.82) is 0 Å². The first kappa shape index (κ1) is 13.5. The van der Waals surface area contributed by atoms with Crippen molar-refractivity contribution >= 4 is 0 Å². The van der Waals surface area contributed by atoms with E-state index in [0.29, 0.717) is 6.04 Å². The molecule has 0 radical (unpaired) electrons. The van der Waals surface area contributed by atoms with Crippen LogP contribution in [0.15, 0.2) is 24.3 Å². The number of nitrogens with one attached hydrogen (secondary N) is 1. The molecule has 0 amide bonds. The van der Waals surface area contributed by atoms with Gasteiger partial charge in [0, 0.05) is 32.2 Å². The standard InChI is InChI=1S/C15H24N2O/c1-13-3-5-15(6-4-13)14(2)16-7-8-17-9-11-18-12-10-17/h3-6,14,16H,7-12H2,1-2H3/t14-/m1/s1. The van der Waals surface area contributed by atoms with E-state index in [1.807, 2.05) is 0 Å². The number of rotatable bonds is 5. The lowest BCUT2D eigenvalue weighted by atomic mass is 10.1. The van der Waals surface area contributed by atoms with Gasteiger partial charge in [-0.15, -0.1) is 0 Å². The van der Waals surface area contributed by atoms with Crippen molar-refractivity contribution in [3.8, 4) is 0 Å². The van der Waals surface area contributed by atoms with Crippen LogP contribution in [0.25, 0.3) is 0 Å². The molecule has 3 nitrogen and oxygen atoms in total. The monoisotopic (exact) mass is 248 g/mol. The summed E-state index contributed by atoms with van der Waals surface area (Å²) >= 11 is 0. The van der Waals surface area contributed by atoms with Crippen molar-refractivity contribution in [1.82, 2.24) is 10.2 Å². The zero-order chi connectivity index (χ0) is 12.8. The van der Waals surface area contributed by atoms with Crippen LogP contribution in [0.3, 0.4) is 0 Å². The summed E-state index contributed by atoms with van der Waals surface area (Å²) in [6, 6.07) is 9.20. The number of morpholine rings is 1. The minimum Gasteiger partial charge on any atom is -0.379 e. The van der Waals surface area contributed by atoms with Gasteiger partial charge in [-0.2, -0.15) is 0 Å². The Morgan fingerprint density at radius 2 is 1.89 bits per heavy atom. The predicted octanol–water partition coefficient (Wildman–Crippen LogP) is 1.98. The van der Waals surface area contributed by atoms with Crippen molar-refractivity contribution in [3.05, 3.63) is 35.4 Å². The van der Waals surface area contributed by atoms with Gasteiger partial charge in [-0.1, -0.05) is 29.8 Å². The molecular weight excluding hydrogens is 224 g/mol. The third-order valence-corrected chi connectivity index (χ3v) is 3.56. The Morgan fingerprint density at radius 3 is 2.56 bits per heavy atom. The minimum absolute atomic E-state index is 0.423. The lowest BCUT2D eigenvalue weighted by molar-refractivity contribution is 0.0382. The lowest BCUT2D eigenvalue weighted by Crippen LogP contribution is -2.40. The van der Waals surface area contributed by atoms with Crippen molar-refractivity contribution in [2.75, 3.05) is 39.4 Å². The zero-order valence-electron chi connectivity index (χ0n) is 11.5. The maximum atomic E-state index is 5.35. The van der Waals surface area contributed by atoms with Crippen molar-refractivity contribution in [2.45, 2.75) is 19.9 Å². The molecule has 0 unspecified atom stereocenters. The van der Waals surface area contributed by atoms with Crippen molar-refractivity contribution in [2.24, 2.45) is 0 Å². The second-order valence-corrected chi connectivity index (χ2v) is 5.04. The first-order valence-corrected chi connectivity index (χ1v) is 6.86. The molecule has 0 bridgehead atoms. The molecule has 2 rings (SSSR count). The van der Waals surface area contributed by atoms with Gasteiger partial charge in [-0.3, -0.25) is 4.90 Å². The van der Waals surface area contributed by atoms with Gasteiger partial charge in [0.05, 0.1) is 13.2 Å². The fraction of sp³-hybridized carbons (Fsp3) is 0.600. The summed E-state index contributed by atoms with van der Waals surface area (Å²) in [5, 5.41) is 3.58. The first-order chi connectivity index (χ1) is 8.75. The fourth-order valence-corrected chi connectivity index (χ4v) is 2.24. The van der Waals surface area contributed by atoms with Gasteiger partial charge in [-0.25, -0.2) is 0 Å². The maximum absolute atomic E-state index is 5.35. The van der Waals surface area contributed by atoms with Gasteiger partial charge in [-0.05, 0) is 19.4 Å². The molecule has 0 spiro atoms. The number of hydrogen-bond acceptors (Lipinski definition) is 3. The number of nitrogens with zero attached hydrogens (tertiary/aromatic N) is 1. The average Bonchev–Trinajstić information content (AvgIpc) is 2.40. The zero-order valence-corrected chi connectivity index (χ0v) is 11.5. The molecule has 0 aromatic heterocycles. The number of hydrogen-bond donors (Lipinski definition) is 1. The second kappa shape index (κ2) is 6.88. The molecule has 0 aliphatic carbocycles. The van der Waals surface area contributed by atoms with Crippen molar-refractivity contribution in [3.63, 3.8) is 0 Å². The molecule has 18 heavy (non-hydrogen) atoms. The summed E-state index contributed by atoms with van der Waals surface area (Å²) in [4.78, 5) is 2.46. The Kier molecular flexibility index (Phi) is 5.17. The summed E-state index contributed by atoms with van der Waals surface area (Å²) in [6.45, 7) is 10.4. The highest BCUT2D eigenvalue weighted by atomic mass is 16.5. The highest BCUT2D eigenvalue weighted by Gasteiger charge is 2.10. The summed E-state index contributed by atoms with van der Waals surface area (Å²) in [5.41, 5.74) is 2.68. The quantitative estimate of drug-likeness (QED) is 0.862. The van der Waals surface area contributed by atoms with E-state index in [9.17, 15) is 0 Å². The Labute approximate surface area is 110 Å². The number of benzene rings is 1. The van der Waals surface area contributed by atoms with Gasteiger partial charge < -0.3 is 10.1 Å². The van der Waals surface area contributed by atoms with E-state index < -0.39 is 0 Å². The smallest absolute Gasteiger partial charge is 0.0594 e. The maximum Gasteiger partial charge on any atom is 0.0594 e.